The van der Waals surface area contributed by atoms with Crippen molar-refractivity contribution in [2.75, 3.05) is 12.8 Å². The van der Waals surface area contributed by atoms with Crippen molar-refractivity contribution in [1.82, 2.24) is 9.97 Å². The van der Waals surface area contributed by atoms with Crippen molar-refractivity contribution < 1.29 is 19.4 Å². The quantitative estimate of drug-likeness (QED) is 0.710. The highest BCUT2D eigenvalue weighted by Crippen LogP contribution is 2.35. The summed E-state index contributed by atoms with van der Waals surface area (Å²) in [5, 5.41) is 8.28. The van der Waals surface area contributed by atoms with Crippen LogP contribution in [0.15, 0.2) is 48.8 Å². The maximum atomic E-state index is 10.6. The van der Waals surface area contributed by atoms with Gasteiger partial charge in [-0.1, -0.05) is 12.1 Å². The minimum absolute atomic E-state index is 0.0412. The largest absolute Gasteiger partial charge is 0.480 e. The Morgan fingerprint density at radius 1 is 1.17 bits per heavy atom. The van der Waals surface area contributed by atoms with Crippen molar-refractivity contribution >= 4 is 13.3 Å². The van der Waals surface area contributed by atoms with E-state index in [0.29, 0.717) is 0 Å². The number of aliphatic carboxylic acids is 1. The Morgan fingerprint density at radius 2 is 1.65 bits per heavy atom. The molecular formula is C15H20N3O4P. The SMILES string of the molecule is CP(=O)(O)CCC(N)C(=O)O.c1ccc(-c2ccccn2)nc1. The molecule has 2 unspecified atom stereocenters. The van der Waals surface area contributed by atoms with Crippen LogP contribution in [0.25, 0.3) is 11.4 Å². The van der Waals surface area contributed by atoms with Gasteiger partial charge in [-0.15, -0.1) is 0 Å². The molecule has 8 heteroatoms. The van der Waals surface area contributed by atoms with Crippen LogP contribution in [-0.4, -0.2) is 44.8 Å². The van der Waals surface area contributed by atoms with Crippen LogP contribution in [0.2, 0.25) is 0 Å². The van der Waals surface area contributed by atoms with Crippen molar-refractivity contribution in [2.45, 2.75) is 12.5 Å². The topological polar surface area (TPSA) is 126 Å². The number of aromatic nitrogens is 2. The Morgan fingerprint density at radius 3 is 1.96 bits per heavy atom. The van der Waals surface area contributed by atoms with Crippen LogP contribution in [0.3, 0.4) is 0 Å². The second kappa shape index (κ2) is 9.15. The van der Waals surface area contributed by atoms with E-state index in [0.717, 1.165) is 11.4 Å². The lowest BCUT2D eigenvalue weighted by Crippen LogP contribution is -2.30. The Bertz CT molecular complexity index is 609. The number of carboxylic acids is 1. The predicted molar refractivity (Wildman–Crippen MR) is 88.3 cm³/mol. The number of pyridine rings is 2. The number of hydrogen-bond donors (Lipinski definition) is 3. The molecule has 0 bridgehead atoms. The van der Waals surface area contributed by atoms with Crippen LogP contribution in [0.5, 0.6) is 0 Å². The van der Waals surface area contributed by atoms with Gasteiger partial charge in [0.25, 0.3) is 0 Å². The van der Waals surface area contributed by atoms with Gasteiger partial charge in [-0.25, -0.2) is 0 Å². The first-order chi connectivity index (χ1) is 10.8. The minimum atomic E-state index is -3.10. The third-order valence-electron chi connectivity index (χ3n) is 2.76. The summed E-state index contributed by atoms with van der Waals surface area (Å²) in [6.45, 7) is 1.18. The highest BCUT2D eigenvalue weighted by atomic mass is 31.2. The van der Waals surface area contributed by atoms with Gasteiger partial charge in [0.15, 0.2) is 7.37 Å². The van der Waals surface area contributed by atoms with Gasteiger partial charge in [0.05, 0.1) is 11.4 Å². The Labute approximate surface area is 134 Å². The zero-order valence-electron chi connectivity index (χ0n) is 12.7. The highest BCUT2D eigenvalue weighted by molar-refractivity contribution is 7.57. The number of nitrogens with zero attached hydrogens (tertiary/aromatic N) is 2. The summed E-state index contributed by atoms with van der Waals surface area (Å²) in [5.41, 5.74) is 6.92. The van der Waals surface area contributed by atoms with E-state index in [-0.39, 0.29) is 12.6 Å². The molecule has 0 fully saturated rings. The Kier molecular flexibility index (Phi) is 7.54. The molecule has 0 spiro atoms. The zero-order chi connectivity index (χ0) is 17.3. The van der Waals surface area contributed by atoms with Gasteiger partial charge in [0, 0.05) is 25.2 Å². The lowest BCUT2D eigenvalue weighted by molar-refractivity contribution is -0.138. The average Bonchev–Trinajstić information content (AvgIpc) is 2.54. The van der Waals surface area contributed by atoms with E-state index in [1.165, 1.54) is 6.66 Å². The van der Waals surface area contributed by atoms with E-state index in [1.807, 2.05) is 36.4 Å². The van der Waals surface area contributed by atoms with Gasteiger partial charge in [0.2, 0.25) is 0 Å². The van der Waals surface area contributed by atoms with Crippen LogP contribution >= 0.6 is 7.37 Å². The minimum Gasteiger partial charge on any atom is -0.480 e. The molecule has 23 heavy (non-hydrogen) atoms. The molecular weight excluding hydrogens is 317 g/mol. The number of carboxylic acid groups (broad SMARTS) is 1. The molecule has 0 saturated carbocycles. The maximum Gasteiger partial charge on any atom is 0.320 e. The smallest absolute Gasteiger partial charge is 0.320 e. The number of rotatable bonds is 5. The maximum absolute atomic E-state index is 10.6. The summed E-state index contributed by atoms with van der Waals surface area (Å²) in [7, 11) is -3.10. The molecule has 2 aromatic heterocycles. The fraction of sp³-hybridized carbons (Fsp3) is 0.267. The molecule has 2 atom stereocenters. The van der Waals surface area contributed by atoms with Crippen molar-refractivity contribution in [2.24, 2.45) is 5.73 Å². The van der Waals surface area contributed by atoms with E-state index in [4.69, 9.17) is 15.7 Å². The third kappa shape index (κ3) is 8.21. The van der Waals surface area contributed by atoms with Gasteiger partial charge >= 0.3 is 5.97 Å². The molecule has 2 heterocycles. The fourth-order valence-electron chi connectivity index (χ4n) is 1.53. The molecule has 0 aliphatic rings. The van der Waals surface area contributed by atoms with Gasteiger partial charge in [-0.3, -0.25) is 19.3 Å². The first-order valence-electron chi connectivity index (χ1n) is 6.89. The summed E-state index contributed by atoms with van der Waals surface area (Å²) < 4.78 is 10.6. The predicted octanol–water partition coefficient (Wildman–Crippen LogP) is 1.83. The molecule has 0 radical (unpaired) electrons. The average molecular weight is 337 g/mol. The van der Waals surface area contributed by atoms with E-state index in [9.17, 15) is 9.36 Å². The summed E-state index contributed by atoms with van der Waals surface area (Å²) in [5.74, 6) is -1.14. The molecule has 2 aromatic rings. The molecule has 124 valence electrons. The van der Waals surface area contributed by atoms with Crippen molar-refractivity contribution in [3.63, 3.8) is 0 Å². The van der Waals surface area contributed by atoms with E-state index < -0.39 is 19.4 Å². The summed E-state index contributed by atoms with van der Waals surface area (Å²) in [4.78, 5) is 27.2. The summed E-state index contributed by atoms with van der Waals surface area (Å²) in [6.07, 6.45) is 3.54. The van der Waals surface area contributed by atoms with Gasteiger partial charge in [0.1, 0.15) is 6.04 Å². The summed E-state index contributed by atoms with van der Waals surface area (Å²) in [6, 6.07) is 10.6. The third-order valence-corrected chi connectivity index (χ3v) is 3.85. The van der Waals surface area contributed by atoms with E-state index in [2.05, 4.69) is 9.97 Å². The first-order valence-corrected chi connectivity index (χ1v) is 9.19. The monoisotopic (exact) mass is 337 g/mol. The number of carbonyl (C=O) groups is 1. The van der Waals surface area contributed by atoms with Crippen LogP contribution in [-0.2, 0) is 9.36 Å². The standard InChI is InChI=1S/C10H8N2.C5H12NO4P/c1-3-7-11-9(5-1)10-6-2-4-8-12-10;1-11(9,10)3-2-4(6)5(7)8/h1-8H;4H,2-3,6H2,1H3,(H,7,8)(H,9,10). The molecule has 7 nitrogen and oxygen atoms in total. The lowest BCUT2D eigenvalue weighted by atomic mass is 10.2. The second-order valence-corrected chi connectivity index (χ2v) is 7.49. The van der Waals surface area contributed by atoms with Crippen LogP contribution < -0.4 is 5.73 Å². The molecule has 4 N–H and O–H groups in total. The van der Waals surface area contributed by atoms with Gasteiger partial charge in [-0.2, -0.15) is 0 Å². The van der Waals surface area contributed by atoms with E-state index in [1.54, 1.807) is 12.4 Å². The Hall–Kier alpha value is -2.08. The molecule has 0 aliphatic heterocycles. The van der Waals surface area contributed by atoms with Gasteiger partial charge in [-0.05, 0) is 30.7 Å². The molecule has 0 amide bonds. The zero-order valence-corrected chi connectivity index (χ0v) is 13.6. The molecule has 0 saturated heterocycles. The van der Waals surface area contributed by atoms with Crippen LogP contribution in [0.1, 0.15) is 6.42 Å². The lowest BCUT2D eigenvalue weighted by Gasteiger charge is -2.07. The Balaban J connectivity index is 0.000000232. The number of nitrogens with two attached hydrogens (primary N) is 1. The molecule has 0 aliphatic carbocycles. The van der Waals surface area contributed by atoms with E-state index >= 15 is 0 Å². The van der Waals surface area contributed by atoms with Gasteiger partial charge < -0.3 is 15.7 Å². The normalized spacial score (nSPS) is 14.0. The van der Waals surface area contributed by atoms with Crippen molar-refractivity contribution in [3.8, 4) is 11.4 Å². The second-order valence-electron chi connectivity index (χ2n) is 4.94. The summed E-state index contributed by atoms with van der Waals surface area (Å²) >= 11 is 0. The van der Waals surface area contributed by atoms with Crippen LogP contribution in [0.4, 0.5) is 0 Å². The van der Waals surface area contributed by atoms with Crippen molar-refractivity contribution in [3.05, 3.63) is 48.8 Å². The fourth-order valence-corrected chi connectivity index (χ4v) is 2.29. The highest BCUT2D eigenvalue weighted by Gasteiger charge is 2.16. The molecule has 0 aromatic carbocycles. The first kappa shape index (κ1) is 19.0. The van der Waals surface area contributed by atoms with Crippen molar-refractivity contribution in [1.29, 1.82) is 0 Å². The van der Waals surface area contributed by atoms with Crippen LogP contribution in [0, 0.1) is 0 Å². The number of hydrogen-bond acceptors (Lipinski definition) is 5. The molecule has 2 rings (SSSR count).